The number of nitrogens with zero attached hydrogens (tertiary/aromatic N) is 4. The molecule has 0 radical (unpaired) electrons. The number of alkyl halides is 2. The minimum Gasteiger partial charge on any atom is -0.391 e. The molecule has 1 saturated heterocycles. The number of anilines is 1. The highest BCUT2D eigenvalue weighted by molar-refractivity contribution is 5.64. The van der Waals surface area contributed by atoms with E-state index in [0.29, 0.717) is 36.4 Å². The molecule has 1 aliphatic heterocycles. The maximum atomic E-state index is 14.0. The molecular formula is C21H24F3N5O2. The van der Waals surface area contributed by atoms with Gasteiger partial charge in [0.1, 0.15) is 5.52 Å². The van der Waals surface area contributed by atoms with Gasteiger partial charge in [0, 0.05) is 18.9 Å². The van der Waals surface area contributed by atoms with Gasteiger partial charge in [0.2, 0.25) is 12.4 Å². The number of hydrogen-bond acceptors (Lipinski definition) is 6. The van der Waals surface area contributed by atoms with Gasteiger partial charge in [0.25, 0.3) is 0 Å². The van der Waals surface area contributed by atoms with Crippen LogP contribution in [0.4, 0.5) is 19.1 Å². The Bertz CT molecular complexity index is 1030. The highest BCUT2D eigenvalue weighted by Crippen LogP contribution is 2.48. The number of hydrogen-bond donors (Lipinski definition) is 2. The van der Waals surface area contributed by atoms with Crippen molar-refractivity contribution in [1.82, 2.24) is 19.6 Å². The van der Waals surface area contributed by atoms with Crippen LogP contribution >= 0.6 is 0 Å². The molecule has 2 aliphatic rings. The number of nitrogens with two attached hydrogens (primary N) is 1. The molecule has 1 atom stereocenters. The molecule has 166 valence electrons. The van der Waals surface area contributed by atoms with E-state index in [4.69, 9.17) is 15.6 Å². The third-order valence-corrected chi connectivity index (χ3v) is 5.89. The molecule has 1 unspecified atom stereocenters. The van der Waals surface area contributed by atoms with Gasteiger partial charge in [-0.2, -0.15) is 0 Å². The minimum absolute atomic E-state index is 0.00194. The maximum Gasteiger partial charge on any atom is 0.248 e. The summed E-state index contributed by atoms with van der Waals surface area (Å²) in [6.45, 7) is 1.37. The average Bonchev–Trinajstić information content (AvgIpc) is 3.04. The van der Waals surface area contributed by atoms with Gasteiger partial charge < -0.3 is 15.6 Å². The largest absolute Gasteiger partial charge is 0.391 e. The number of nitrogen functional groups attached to an aromatic ring is 1. The average molecular weight is 435 g/mol. The first-order valence-corrected chi connectivity index (χ1v) is 10.2. The van der Waals surface area contributed by atoms with Crippen LogP contribution in [0.25, 0.3) is 16.9 Å². The zero-order valence-electron chi connectivity index (χ0n) is 16.8. The molecule has 1 saturated carbocycles. The van der Waals surface area contributed by atoms with Gasteiger partial charge >= 0.3 is 0 Å². The Hall–Kier alpha value is -2.72. The van der Waals surface area contributed by atoms with Crippen LogP contribution < -0.4 is 5.73 Å². The Balaban J connectivity index is 0.000000282. The zero-order valence-corrected chi connectivity index (χ0v) is 16.8. The maximum absolute atomic E-state index is 14.0. The fourth-order valence-corrected chi connectivity index (χ4v) is 3.90. The van der Waals surface area contributed by atoms with E-state index in [0.717, 1.165) is 25.9 Å². The van der Waals surface area contributed by atoms with Crippen molar-refractivity contribution < 1.29 is 23.0 Å². The third kappa shape index (κ3) is 4.22. The summed E-state index contributed by atoms with van der Waals surface area (Å²) in [4.78, 5) is 8.01. The number of pyridine rings is 1. The van der Waals surface area contributed by atoms with Gasteiger partial charge in [-0.05, 0) is 37.3 Å². The molecule has 10 heteroatoms. The Morgan fingerprint density at radius 1 is 1.19 bits per heavy atom. The van der Waals surface area contributed by atoms with E-state index < -0.39 is 17.7 Å². The molecule has 0 amide bonds. The monoisotopic (exact) mass is 435 g/mol. The predicted molar refractivity (Wildman–Crippen MR) is 108 cm³/mol. The normalized spacial score (nSPS) is 20.2. The van der Waals surface area contributed by atoms with Crippen molar-refractivity contribution in [2.24, 2.45) is 0 Å². The van der Waals surface area contributed by atoms with Crippen LogP contribution in [-0.2, 0) is 10.2 Å². The van der Waals surface area contributed by atoms with Crippen LogP contribution in [0.2, 0.25) is 0 Å². The van der Waals surface area contributed by atoms with Crippen molar-refractivity contribution >= 4 is 11.5 Å². The van der Waals surface area contributed by atoms with Crippen molar-refractivity contribution in [3.63, 3.8) is 0 Å². The van der Waals surface area contributed by atoms with E-state index in [1.165, 1.54) is 23.0 Å². The van der Waals surface area contributed by atoms with Crippen molar-refractivity contribution in [2.75, 3.05) is 18.9 Å². The molecule has 5 rings (SSSR count). The topological polar surface area (TPSA) is 98.6 Å². The SMILES string of the molecule is Nc1ncc2c(F)cc(-c3ccc(C4(C(F)F)CCC4)cn3)n2n1.OC1CCCOC1. The second-order valence-electron chi connectivity index (χ2n) is 7.90. The molecule has 3 aromatic rings. The molecule has 0 spiro atoms. The summed E-state index contributed by atoms with van der Waals surface area (Å²) in [6.07, 6.45) is 3.76. The molecule has 0 bridgehead atoms. The van der Waals surface area contributed by atoms with E-state index in [1.54, 1.807) is 12.1 Å². The predicted octanol–water partition coefficient (Wildman–Crippen LogP) is 3.36. The minimum atomic E-state index is -2.42. The first kappa shape index (κ1) is 21.5. The number of aliphatic hydroxyl groups excluding tert-OH is 1. The van der Waals surface area contributed by atoms with Crippen molar-refractivity contribution in [3.05, 3.63) is 42.0 Å². The number of rotatable bonds is 3. The number of halogens is 3. The van der Waals surface area contributed by atoms with Crippen LogP contribution in [-0.4, -0.2) is 50.4 Å². The van der Waals surface area contributed by atoms with Crippen molar-refractivity contribution in [2.45, 2.75) is 50.0 Å². The van der Waals surface area contributed by atoms with Crippen molar-refractivity contribution in [1.29, 1.82) is 0 Å². The number of fused-ring (bicyclic) bond motifs is 1. The Kier molecular flexibility index (Phi) is 6.10. The second kappa shape index (κ2) is 8.80. The van der Waals surface area contributed by atoms with Gasteiger partial charge in [-0.15, -0.1) is 5.10 Å². The number of aromatic nitrogens is 4. The van der Waals surface area contributed by atoms with Crippen LogP contribution in [0.1, 0.15) is 37.7 Å². The Labute approximate surface area is 177 Å². The number of ether oxygens (including phenoxy) is 1. The lowest BCUT2D eigenvalue weighted by Crippen LogP contribution is -2.41. The summed E-state index contributed by atoms with van der Waals surface area (Å²) >= 11 is 0. The molecule has 0 aromatic carbocycles. The van der Waals surface area contributed by atoms with E-state index in [9.17, 15) is 13.2 Å². The lowest BCUT2D eigenvalue weighted by Gasteiger charge is -2.41. The first-order valence-electron chi connectivity index (χ1n) is 10.2. The van der Waals surface area contributed by atoms with Gasteiger partial charge in [0.15, 0.2) is 5.82 Å². The zero-order chi connectivity index (χ0) is 22.0. The Morgan fingerprint density at radius 3 is 2.52 bits per heavy atom. The van der Waals surface area contributed by atoms with E-state index in [2.05, 4.69) is 15.1 Å². The standard InChI is InChI=1S/C16H14F3N5.C5H10O2/c17-10-6-12(24-13(10)8-22-15(20)23-24)11-3-2-9(7-21-11)16(14(18)19)4-1-5-16;6-5-2-1-3-7-4-5/h2-3,6-8,14H,1,4-5H2,(H2,20,23);5-6H,1-4H2. The molecule has 1 aliphatic carbocycles. The van der Waals surface area contributed by atoms with E-state index >= 15 is 0 Å². The quantitative estimate of drug-likeness (QED) is 0.655. The summed E-state index contributed by atoms with van der Waals surface area (Å²) in [5.74, 6) is -0.499. The molecule has 3 N–H and O–H groups in total. The smallest absolute Gasteiger partial charge is 0.248 e. The molecule has 2 fully saturated rings. The fourth-order valence-electron chi connectivity index (χ4n) is 3.90. The molecule has 31 heavy (non-hydrogen) atoms. The lowest BCUT2D eigenvalue weighted by atomic mass is 9.65. The van der Waals surface area contributed by atoms with E-state index in [-0.39, 0.29) is 17.6 Å². The van der Waals surface area contributed by atoms with Crippen LogP contribution in [0.5, 0.6) is 0 Å². The van der Waals surface area contributed by atoms with Crippen molar-refractivity contribution in [3.8, 4) is 11.4 Å². The Morgan fingerprint density at radius 2 is 2.00 bits per heavy atom. The van der Waals surface area contributed by atoms with Crippen LogP contribution in [0.3, 0.4) is 0 Å². The van der Waals surface area contributed by atoms with Gasteiger partial charge in [0.05, 0.1) is 35.7 Å². The van der Waals surface area contributed by atoms with Gasteiger partial charge in [-0.1, -0.05) is 12.5 Å². The lowest BCUT2D eigenvalue weighted by molar-refractivity contribution is -0.00535. The first-order chi connectivity index (χ1) is 14.9. The van der Waals surface area contributed by atoms with E-state index in [1.807, 2.05) is 0 Å². The summed E-state index contributed by atoms with van der Waals surface area (Å²) in [5.41, 5.74) is 5.97. The second-order valence-corrected chi connectivity index (χ2v) is 7.90. The molecular weight excluding hydrogens is 411 g/mol. The molecule has 4 heterocycles. The summed E-state index contributed by atoms with van der Waals surface area (Å²) in [5, 5.41) is 12.8. The molecule has 7 nitrogen and oxygen atoms in total. The van der Waals surface area contributed by atoms with Crippen LogP contribution in [0, 0.1) is 5.82 Å². The van der Waals surface area contributed by atoms with Gasteiger partial charge in [-0.25, -0.2) is 22.7 Å². The fraction of sp³-hybridized carbons (Fsp3) is 0.476. The highest BCUT2D eigenvalue weighted by Gasteiger charge is 2.47. The van der Waals surface area contributed by atoms with Gasteiger partial charge in [-0.3, -0.25) is 4.98 Å². The van der Waals surface area contributed by atoms with Crippen LogP contribution in [0.15, 0.2) is 30.6 Å². The molecule has 3 aromatic heterocycles. The summed E-state index contributed by atoms with van der Waals surface area (Å²) < 4.78 is 47.0. The third-order valence-electron chi connectivity index (χ3n) is 5.89. The summed E-state index contributed by atoms with van der Waals surface area (Å²) in [7, 11) is 0. The highest BCUT2D eigenvalue weighted by atomic mass is 19.3. The number of aliphatic hydroxyl groups is 1. The summed E-state index contributed by atoms with van der Waals surface area (Å²) in [6, 6.07) is 4.52.